The maximum absolute atomic E-state index is 12.2. The second kappa shape index (κ2) is 6.32. The summed E-state index contributed by atoms with van der Waals surface area (Å²) in [6.07, 6.45) is 3.28. The molecule has 1 amide bonds. The van der Waals surface area contributed by atoms with E-state index >= 15 is 0 Å². The average Bonchev–Trinajstić information content (AvgIpc) is 2.57. The second-order valence-corrected chi connectivity index (χ2v) is 4.81. The van der Waals surface area contributed by atoms with Crippen LogP contribution in [0.2, 0.25) is 0 Å². The molecule has 0 bridgehead atoms. The van der Waals surface area contributed by atoms with Crippen molar-refractivity contribution < 1.29 is 4.79 Å². The molecule has 6 heteroatoms. The zero-order valence-electron chi connectivity index (χ0n) is 11.6. The minimum Gasteiger partial charge on any atom is -0.354 e. The van der Waals surface area contributed by atoms with Crippen LogP contribution >= 0.6 is 0 Å². The van der Waals surface area contributed by atoms with Gasteiger partial charge in [0.15, 0.2) is 0 Å². The number of hydrogen-bond acceptors (Lipinski definition) is 5. The number of carbonyl (C=O) groups is 1. The van der Waals surface area contributed by atoms with E-state index in [1.54, 1.807) is 30.6 Å². The molecule has 2 aromatic heterocycles. The lowest BCUT2D eigenvalue weighted by molar-refractivity contribution is 0.102. The molecule has 21 heavy (non-hydrogen) atoms. The third-order valence-electron chi connectivity index (χ3n) is 3.35. The van der Waals surface area contributed by atoms with Crippen LogP contribution in [0.25, 0.3) is 0 Å². The summed E-state index contributed by atoms with van der Waals surface area (Å²) in [4.78, 5) is 22.8. The lowest BCUT2D eigenvalue weighted by Gasteiger charge is -2.28. The largest absolute Gasteiger partial charge is 0.354 e. The highest BCUT2D eigenvalue weighted by atomic mass is 16.1. The number of carbonyl (C=O) groups excluding carboxylic acids is 1. The Kier molecular flexibility index (Phi) is 4.07. The third-order valence-corrected chi connectivity index (χ3v) is 3.35. The molecule has 6 nitrogen and oxygen atoms in total. The first kappa shape index (κ1) is 13.5. The Bertz CT molecular complexity index is 610. The quantitative estimate of drug-likeness (QED) is 0.884. The number of piperazine rings is 1. The number of anilines is 2. The van der Waals surface area contributed by atoms with Crippen LogP contribution in [0.5, 0.6) is 0 Å². The highest BCUT2D eigenvalue weighted by Crippen LogP contribution is 2.13. The maximum atomic E-state index is 12.2. The molecular weight excluding hydrogens is 266 g/mol. The van der Waals surface area contributed by atoms with Gasteiger partial charge in [-0.2, -0.15) is 0 Å². The Morgan fingerprint density at radius 3 is 2.67 bits per heavy atom. The minimum absolute atomic E-state index is 0.210. The standard InChI is InChI=1S/C15H17N5O/c21-15(18-12-4-6-16-7-5-12)13-2-1-3-14(19-13)20-10-8-17-9-11-20/h1-7,17H,8-11H2,(H,16,18,21). The first-order chi connectivity index (χ1) is 10.3. The van der Waals surface area contributed by atoms with Gasteiger partial charge in [-0.25, -0.2) is 4.98 Å². The molecule has 2 aromatic rings. The zero-order valence-corrected chi connectivity index (χ0v) is 11.6. The van der Waals surface area contributed by atoms with E-state index in [0.717, 1.165) is 32.0 Å². The van der Waals surface area contributed by atoms with Gasteiger partial charge in [0.25, 0.3) is 5.91 Å². The van der Waals surface area contributed by atoms with Crippen molar-refractivity contribution in [2.75, 3.05) is 36.4 Å². The molecule has 3 heterocycles. The summed E-state index contributed by atoms with van der Waals surface area (Å²) in [6, 6.07) is 9.03. The van der Waals surface area contributed by atoms with Crippen LogP contribution in [-0.2, 0) is 0 Å². The Balaban J connectivity index is 1.74. The van der Waals surface area contributed by atoms with E-state index in [0.29, 0.717) is 11.4 Å². The summed E-state index contributed by atoms with van der Waals surface area (Å²) >= 11 is 0. The van der Waals surface area contributed by atoms with Gasteiger partial charge in [-0.3, -0.25) is 9.78 Å². The van der Waals surface area contributed by atoms with Crippen LogP contribution in [0.4, 0.5) is 11.5 Å². The molecule has 2 N–H and O–H groups in total. The molecule has 1 saturated heterocycles. The van der Waals surface area contributed by atoms with Crippen LogP contribution in [0, 0.1) is 0 Å². The first-order valence-corrected chi connectivity index (χ1v) is 6.97. The first-order valence-electron chi connectivity index (χ1n) is 6.97. The lowest BCUT2D eigenvalue weighted by atomic mass is 10.3. The highest BCUT2D eigenvalue weighted by Gasteiger charge is 2.14. The summed E-state index contributed by atoms with van der Waals surface area (Å²) in [5.74, 6) is 0.636. The summed E-state index contributed by atoms with van der Waals surface area (Å²) < 4.78 is 0. The minimum atomic E-state index is -0.210. The van der Waals surface area contributed by atoms with E-state index in [4.69, 9.17) is 0 Å². The summed E-state index contributed by atoms with van der Waals surface area (Å²) in [7, 11) is 0. The average molecular weight is 283 g/mol. The Hall–Kier alpha value is -2.47. The summed E-state index contributed by atoms with van der Waals surface area (Å²) in [5.41, 5.74) is 1.13. The highest BCUT2D eigenvalue weighted by molar-refractivity contribution is 6.03. The van der Waals surface area contributed by atoms with Crippen molar-refractivity contribution in [3.63, 3.8) is 0 Å². The van der Waals surface area contributed by atoms with Crippen LogP contribution in [0.15, 0.2) is 42.7 Å². The van der Waals surface area contributed by atoms with Crippen molar-refractivity contribution in [1.29, 1.82) is 0 Å². The van der Waals surface area contributed by atoms with Gasteiger partial charge >= 0.3 is 0 Å². The molecule has 108 valence electrons. The van der Waals surface area contributed by atoms with E-state index in [1.807, 2.05) is 12.1 Å². The van der Waals surface area contributed by atoms with E-state index in [1.165, 1.54) is 0 Å². The molecular formula is C15H17N5O. The van der Waals surface area contributed by atoms with Crippen molar-refractivity contribution in [1.82, 2.24) is 15.3 Å². The van der Waals surface area contributed by atoms with E-state index < -0.39 is 0 Å². The predicted octanol–water partition coefficient (Wildman–Crippen LogP) is 1.14. The van der Waals surface area contributed by atoms with E-state index in [-0.39, 0.29) is 5.91 Å². The van der Waals surface area contributed by atoms with Crippen LogP contribution in [-0.4, -0.2) is 42.1 Å². The van der Waals surface area contributed by atoms with Gasteiger partial charge < -0.3 is 15.5 Å². The van der Waals surface area contributed by atoms with E-state index in [9.17, 15) is 4.79 Å². The fourth-order valence-electron chi connectivity index (χ4n) is 2.25. The third kappa shape index (κ3) is 3.35. The number of aromatic nitrogens is 2. The van der Waals surface area contributed by atoms with Gasteiger partial charge in [-0.1, -0.05) is 6.07 Å². The number of hydrogen-bond donors (Lipinski definition) is 2. The van der Waals surface area contributed by atoms with Crippen molar-refractivity contribution in [2.24, 2.45) is 0 Å². The Morgan fingerprint density at radius 1 is 1.14 bits per heavy atom. The number of nitrogens with zero attached hydrogens (tertiary/aromatic N) is 3. The second-order valence-electron chi connectivity index (χ2n) is 4.81. The van der Waals surface area contributed by atoms with Crippen molar-refractivity contribution in [3.8, 4) is 0 Å². The molecule has 0 aliphatic carbocycles. The summed E-state index contributed by atoms with van der Waals surface area (Å²) in [6.45, 7) is 3.69. The molecule has 0 saturated carbocycles. The van der Waals surface area contributed by atoms with Gasteiger partial charge in [0, 0.05) is 44.3 Å². The van der Waals surface area contributed by atoms with Crippen LogP contribution < -0.4 is 15.5 Å². The fraction of sp³-hybridized carbons (Fsp3) is 0.267. The lowest BCUT2D eigenvalue weighted by Crippen LogP contribution is -2.44. The molecule has 0 spiro atoms. The van der Waals surface area contributed by atoms with Crippen LogP contribution in [0.3, 0.4) is 0 Å². The molecule has 0 atom stereocenters. The number of nitrogens with one attached hydrogen (secondary N) is 2. The smallest absolute Gasteiger partial charge is 0.274 e. The SMILES string of the molecule is O=C(Nc1ccncc1)c1cccc(N2CCNCC2)n1. The molecule has 0 radical (unpaired) electrons. The molecule has 1 fully saturated rings. The fourth-order valence-corrected chi connectivity index (χ4v) is 2.25. The van der Waals surface area contributed by atoms with Crippen LogP contribution in [0.1, 0.15) is 10.5 Å². The Morgan fingerprint density at radius 2 is 1.90 bits per heavy atom. The normalized spacial score (nSPS) is 14.8. The van der Waals surface area contributed by atoms with E-state index in [2.05, 4.69) is 25.5 Å². The molecule has 1 aliphatic heterocycles. The maximum Gasteiger partial charge on any atom is 0.274 e. The molecule has 0 unspecified atom stereocenters. The van der Waals surface area contributed by atoms with Gasteiger partial charge in [0.2, 0.25) is 0 Å². The summed E-state index contributed by atoms with van der Waals surface area (Å²) in [5, 5.41) is 6.12. The molecule has 0 aromatic carbocycles. The zero-order chi connectivity index (χ0) is 14.5. The van der Waals surface area contributed by atoms with Crippen molar-refractivity contribution in [2.45, 2.75) is 0 Å². The van der Waals surface area contributed by atoms with Gasteiger partial charge in [0.05, 0.1) is 0 Å². The van der Waals surface area contributed by atoms with Gasteiger partial charge in [-0.15, -0.1) is 0 Å². The topological polar surface area (TPSA) is 70.2 Å². The Labute approximate surface area is 123 Å². The van der Waals surface area contributed by atoms with Gasteiger partial charge in [-0.05, 0) is 24.3 Å². The monoisotopic (exact) mass is 283 g/mol. The predicted molar refractivity (Wildman–Crippen MR) is 81.5 cm³/mol. The number of rotatable bonds is 3. The van der Waals surface area contributed by atoms with Gasteiger partial charge in [0.1, 0.15) is 11.5 Å². The van der Waals surface area contributed by atoms with Crippen molar-refractivity contribution in [3.05, 3.63) is 48.4 Å². The van der Waals surface area contributed by atoms with Crippen molar-refractivity contribution >= 4 is 17.4 Å². The number of amides is 1. The number of pyridine rings is 2. The molecule has 3 rings (SSSR count). The molecule has 1 aliphatic rings.